The summed E-state index contributed by atoms with van der Waals surface area (Å²) in [6.45, 7) is 7.54. The molecule has 11 heteroatoms. The third-order valence-corrected chi connectivity index (χ3v) is 5.95. The minimum atomic E-state index is -4.52. The minimum absolute atomic E-state index is 0.0439. The van der Waals surface area contributed by atoms with Crippen LogP contribution in [0.3, 0.4) is 0 Å². The number of rotatable bonds is 8. The van der Waals surface area contributed by atoms with Crippen LogP contribution >= 0.6 is 0 Å². The van der Waals surface area contributed by atoms with E-state index >= 15 is 0 Å². The van der Waals surface area contributed by atoms with Crippen LogP contribution < -0.4 is 11.5 Å². The average molecular weight is 492 g/mol. The predicted molar refractivity (Wildman–Crippen MR) is 124 cm³/mol. The molecular weight excluding hydrogens is 463 g/mol. The summed E-state index contributed by atoms with van der Waals surface area (Å²) in [6, 6.07) is 6.32. The number of carbonyl (C=O) groups is 2. The van der Waals surface area contributed by atoms with Gasteiger partial charge in [-0.15, -0.1) is 0 Å². The van der Waals surface area contributed by atoms with Crippen molar-refractivity contribution in [2.45, 2.75) is 65.1 Å². The first-order valence-electron chi connectivity index (χ1n) is 11.0. The Labute approximate surface area is 200 Å². The third-order valence-electron chi connectivity index (χ3n) is 5.95. The summed E-state index contributed by atoms with van der Waals surface area (Å²) in [5.41, 5.74) is 12.1. The van der Waals surface area contributed by atoms with E-state index in [2.05, 4.69) is 10.3 Å². The molecule has 35 heavy (non-hydrogen) atoms. The van der Waals surface area contributed by atoms with Crippen molar-refractivity contribution in [3.8, 4) is 11.3 Å². The number of amides is 1. The van der Waals surface area contributed by atoms with Crippen LogP contribution in [-0.4, -0.2) is 32.8 Å². The van der Waals surface area contributed by atoms with Crippen molar-refractivity contribution in [1.82, 2.24) is 14.9 Å². The maximum absolute atomic E-state index is 13.2. The molecule has 0 aliphatic heterocycles. The standard InChI is InChI=1S/C24H28F3N5O3/c1-12(2)32-21(28)19(22(29)34)20(30-32)15-7-6-14(13(3)8-15)9-17(33)10-16-11-18(35-31-16)23(4,5)24(25,26)27/h6-8,11-12H,9-10,28H2,1-5H3,(H2,29,34). The van der Waals surface area contributed by atoms with Gasteiger partial charge >= 0.3 is 6.18 Å². The van der Waals surface area contributed by atoms with Crippen LogP contribution in [0.4, 0.5) is 19.0 Å². The number of carbonyl (C=O) groups excluding carboxylic acids is 2. The van der Waals surface area contributed by atoms with Gasteiger partial charge in [0.05, 0.1) is 12.1 Å². The number of halogens is 3. The Kier molecular flexibility index (Phi) is 6.83. The van der Waals surface area contributed by atoms with E-state index in [1.807, 2.05) is 13.8 Å². The molecule has 3 rings (SSSR count). The second-order valence-corrected chi connectivity index (χ2v) is 9.35. The smallest absolute Gasteiger partial charge is 0.383 e. The summed E-state index contributed by atoms with van der Waals surface area (Å²) in [4.78, 5) is 24.6. The zero-order valence-electron chi connectivity index (χ0n) is 20.2. The summed E-state index contributed by atoms with van der Waals surface area (Å²) < 4.78 is 46.0. The van der Waals surface area contributed by atoms with E-state index in [9.17, 15) is 22.8 Å². The van der Waals surface area contributed by atoms with Crippen LogP contribution in [0, 0.1) is 6.92 Å². The molecule has 0 saturated heterocycles. The molecule has 8 nitrogen and oxygen atoms in total. The zero-order valence-corrected chi connectivity index (χ0v) is 20.2. The number of nitrogens with zero attached hydrogens (tertiary/aromatic N) is 3. The van der Waals surface area contributed by atoms with E-state index in [1.54, 1.807) is 25.1 Å². The molecule has 188 valence electrons. The molecule has 3 aromatic rings. The van der Waals surface area contributed by atoms with E-state index in [0.717, 1.165) is 25.0 Å². The van der Waals surface area contributed by atoms with Gasteiger partial charge in [0, 0.05) is 24.1 Å². The van der Waals surface area contributed by atoms with Crippen LogP contribution in [0.5, 0.6) is 0 Å². The maximum Gasteiger partial charge on any atom is 0.401 e. The molecule has 2 aromatic heterocycles. The number of primary amides is 1. The molecular formula is C24H28F3N5O3. The van der Waals surface area contributed by atoms with Crippen molar-refractivity contribution in [2.75, 3.05) is 5.73 Å². The number of benzene rings is 1. The van der Waals surface area contributed by atoms with Gasteiger partial charge < -0.3 is 16.0 Å². The van der Waals surface area contributed by atoms with Crippen molar-refractivity contribution in [3.63, 3.8) is 0 Å². The minimum Gasteiger partial charge on any atom is -0.383 e. The van der Waals surface area contributed by atoms with Crippen LogP contribution in [0.15, 0.2) is 28.8 Å². The largest absolute Gasteiger partial charge is 0.401 e. The summed E-state index contributed by atoms with van der Waals surface area (Å²) in [5.74, 6) is -1.10. The number of hydrogen-bond acceptors (Lipinski definition) is 6. The van der Waals surface area contributed by atoms with E-state index in [1.165, 1.54) is 10.7 Å². The third kappa shape index (κ3) is 5.08. The first-order valence-corrected chi connectivity index (χ1v) is 11.0. The van der Waals surface area contributed by atoms with Crippen LogP contribution in [-0.2, 0) is 23.1 Å². The molecule has 0 aliphatic carbocycles. The molecule has 0 bridgehead atoms. The van der Waals surface area contributed by atoms with Crippen molar-refractivity contribution < 1.29 is 27.3 Å². The highest BCUT2D eigenvalue weighted by Gasteiger charge is 2.51. The molecule has 0 unspecified atom stereocenters. The fraction of sp³-hybridized carbons (Fsp3) is 0.417. The average Bonchev–Trinajstić information content (AvgIpc) is 3.33. The Morgan fingerprint density at radius 3 is 2.34 bits per heavy atom. The van der Waals surface area contributed by atoms with Gasteiger partial charge in [0.2, 0.25) is 0 Å². The Bertz CT molecular complexity index is 1270. The lowest BCUT2D eigenvalue weighted by Gasteiger charge is -2.24. The molecule has 0 fully saturated rings. The number of ketones is 1. The summed E-state index contributed by atoms with van der Waals surface area (Å²) in [6.07, 6.45) is -4.64. The van der Waals surface area contributed by atoms with Gasteiger partial charge in [0.1, 0.15) is 28.3 Å². The molecule has 2 heterocycles. The topological polar surface area (TPSA) is 130 Å². The fourth-order valence-electron chi connectivity index (χ4n) is 3.63. The lowest BCUT2D eigenvalue weighted by molar-refractivity contribution is -0.185. The van der Waals surface area contributed by atoms with Crippen LogP contribution in [0.1, 0.15) is 66.7 Å². The second-order valence-electron chi connectivity index (χ2n) is 9.35. The van der Waals surface area contributed by atoms with E-state index < -0.39 is 17.5 Å². The molecule has 0 atom stereocenters. The van der Waals surface area contributed by atoms with Crippen molar-refractivity contribution in [1.29, 1.82) is 0 Å². The number of aromatic nitrogens is 3. The Hall–Kier alpha value is -3.63. The summed E-state index contributed by atoms with van der Waals surface area (Å²) in [7, 11) is 0. The quantitative estimate of drug-likeness (QED) is 0.483. The lowest BCUT2D eigenvalue weighted by atomic mass is 9.89. The van der Waals surface area contributed by atoms with Gasteiger partial charge in [0.25, 0.3) is 5.91 Å². The number of hydrogen-bond donors (Lipinski definition) is 2. The highest BCUT2D eigenvalue weighted by molar-refractivity contribution is 6.03. The Morgan fingerprint density at radius 1 is 1.14 bits per heavy atom. The summed E-state index contributed by atoms with van der Waals surface area (Å²) >= 11 is 0. The molecule has 0 saturated carbocycles. The van der Waals surface area contributed by atoms with Crippen LogP contribution in [0.25, 0.3) is 11.3 Å². The van der Waals surface area contributed by atoms with E-state index in [0.29, 0.717) is 11.3 Å². The SMILES string of the molecule is Cc1cc(-c2nn(C(C)C)c(N)c2C(N)=O)ccc1CC(=O)Cc1cc(C(C)(C)C(F)(F)F)on1. The summed E-state index contributed by atoms with van der Waals surface area (Å²) in [5, 5.41) is 8.10. The number of nitrogen functional groups attached to an aromatic ring is 1. The second kappa shape index (κ2) is 9.20. The van der Waals surface area contributed by atoms with Crippen molar-refractivity contribution >= 4 is 17.5 Å². The van der Waals surface area contributed by atoms with Gasteiger partial charge in [0.15, 0.2) is 5.76 Å². The number of Topliss-reactive ketones (excluding diaryl/α,β-unsaturated/α-hetero) is 1. The number of aryl methyl sites for hydroxylation is 1. The van der Waals surface area contributed by atoms with Gasteiger partial charge in [-0.05, 0) is 51.8 Å². The maximum atomic E-state index is 13.2. The zero-order chi connectivity index (χ0) is 26.3. The number of nitrogens with two attached hydrogens (primary N) is 2. The fourth-order valence-corrected chi connectivity index (χ4v) is 3.63. The van der Waals surface area contributed by atoms with Gasteiger partial charge in [-0.25, -0.2) is 4.68 Å². The molecule has 1 amide bonds. The molecule has 0 radical (unpaired) electrons. The predicted octanol–water partition coefficient (Wildman–Crippen LogP) is 4.30. The molecule has 0 spiro atoms. The van der Waals surface area contributed by atoms with Crippen molar-refractivity contribution in [3.05, 3.63) is 52.4 Å². The van der Waals surface area contributed by atoms with Gasteiger partial charge in [-0.3, -0.25) is 9.59 Å². The van der Waals surface area contributed by atoms with Gasteiger partial charge in [-0.1, -0.05) is 17.3 Å². The number of alkyl halides is 3. The Morgan fingerprint density at radius 2 is 1.80 bits per heavy atom. The molecule has 0 aliphatic rings. The molecule has 4 N–H and O–H groups in total. The highest BCUT2D eigenvalue weighted by Crippen LogP contribution is 2.40. The first kappa shape index (κ1) is 26.0. The lowest BCUT2D eigenvalue weighted by Crippen LogP contribution is -2.35. The van der Waals surface area contributed by atoms with Crippen molar-refractivity contribution in [2.24, 2.45) is 5.73 Å². The normalized spacial score (nSPS) is 12.4. The molecule has 1 aromatic carbocycles. The van der Waals surface area contributed by atoms with Crippen LogP contribution in [0.2, 0.25) is 0 Å². The Balaban J connectivity index is 1.80. The number of anilines is 1. The monoisotopic (exact) mass is 491 g/mol. The first-order chi connectivity index (χ1) is 16.1. The van der Waals surface area contributed by atoms with E-state index in [4.69, 9.17) is 16.0 Å². The highest BCUT2D eigenvalue weighted by atomic mass is 19.4. The van der Waals surface area contributed by atoms with E-state index in [-0.39, 0.29) is 47.5 Å². The van der Waals surface area contributed by atoms with Gasteiger partial charge in [-0.2, -0.15) is 18.3 Å².